The molecule has 2 N–H and O–H groups in total. The zero-order valence-corrected chi connectivity index (χ0v) is 12.3. The molecule has 3 nitrogen and oxygen atoms in total. The number of Topliss-reactive ketones (excluding diaryl/α,β-unsaturated/α-hetero) is 1. The molecular weight excluding hydrogens is 248 g/mol. The van der Waals surface area contributed by atoms with Crippen molar-refractivity contribution in [2.45, 2.75) is 45.2 Å². The molecule has 106 valence electrons. The van der Waals surface area contributed by atoms with Gasteiger partial charge in [-0.25, -0.2) is 0 Å². The fraction of sp³-hybridized carbons (Fsp3) is 0.471. The Bertz CT molecular complexity index is 616. The van der Waals surface area contributed by atoms with E-state index in [1.807, 2.05) is 30.5 Å². The van der Waals surface area contributed by atoms with E-state index in [1.54, 1.807) is 0 Å². The van der Waals surface area contributed by atoms with Crippen LogP contribution in [0.2, 0.25) is 0 Å². The maximum absolute atomic E-state index is 12.8. The highest BCUT2D eigenvalue weighted by Gasteiger charge is 2.32. The number of para-hydroxylation sites is 1. The van der Waals surface area contributed by atoms with Crippen molar-refractivity contribution in [3.63, 3.8) is 0 Å². The van der Waals surface area contributed by atoms with Gasteiger partial charge in [-0.3, -0.25) is 4.79 Å². The zero-order valence-electron chi connectivity index (χ0n) is 12.3. The van der Waals surface area contributed by atoms with Gasteiger partial charge in [0.15, 0.2) is 0 Å². The Balaban J connectivity index is 1.88. The molecule has 1 fully saturated rings. The van der Waals surface area contributed by atoms with Gasteiger partial charge in [0.05, 0.1) is 12.6 Å². The number of carbonyl (C=O) groups excluding carboxylic acids is 1. The first-order chi connectivity index (χ1) is 9.68. The van der Waals surface area contributed by atoms with E-state index in [2.05, 4.69) is 18.8 Å². The smallest absolute Gasteiger partial charge is 0.221 e. The van der Waals surface area contributed by atoms with Crippen molar-refractivity contribution in [2.24, 2.45) is 0 Å². The number of fused-ring (bicyclic) bond motifs is 1. The lowest BCUT2D eigenvalue weighted by Crippen LogP contribution is -3.20. The number of ketones is 1. The van der Waals surface area contributed by atoms with Crippen molar-refractivity contribution in [2.75, 3.05) is 6.54 Å². The van der Waals surface area contributed by atoms with Crippen LogP contribution in [0.25, 0.3) is 10.9 Å². The van der Waals surface area contributed by atoms with Crippen molar-refractivity contribution >= 4 is 16.7 Å². The Labute approximate surface area is 120 Å². The monoisotopic (exact) mass is 271 g/mol. The lowest BCUT2D eigenvalue weighted by Gasteiger charge is -2.34. The number of rotatable bonds is 3. The minimum Gasteiger partial charge on any atom is -0.360 e. The summed E-state index contributed by atoms with van der Waals surface area (Å²) in [6.07, 6.45) is 5.65. The summed E-state index contributed by atoms with van der Waals surface area (Å²) in [5, 5.41) is 1.05. The first-order valence-electron chi connectivity index (χ1n) is 7.64. The Morgan fingerprint density at radius 1 is 1.35 bits per heavy atom. The van der Waals surface area contributed by atoms with Crippen LogP contribution in [0.5, 0.6) is 0 Å². The largest absolute Gasteiger partial charge is 0.360 e. The summed E-state index contributed by atoms with van der Waals surface area (Å²) in [6.45, 7) is 5.48. The number of carbonyl (C=O) groups is 1. The van der Waals surface area contributed by atoms with E-state index < -0.39 is 0 Å². The van der Waals surface area contributed by atoms with Gasteiger partial charge in [0.25, 0.3) is 0 Å². The van der Waals surface area contributed by atoms with Crippen LogP contribution in [0.4, 0.5) is 0 Å². The number of H-pyrrole nitrogens is 1. The fourth-order valence-corrected chi connectivity index (χ4v) is 3.53. The molecule has 0 bridgehead atoms. The molecule has 1 saturated heterocycles. The van der Waals surface area contributed by atoms with Crippen molar-refractivity contribution in [3.8, 4) is 0 Å². The quantitative estimate of drug-likeness (QED) is 0.825. The molecule has 0 spiro atoms. The number of hydrogen-bond acceptors (Lipinski definition) is 1. The van der Waals surface area contributed by atoms with Gasteiger partial charge >= 0.3 is 0 Å². The predicted molar refractivity (Wildman–Crippen MR) is 81.2 cm³/mol. The van der Waals surface area contributed by atoms with Gasteiger partial charge in [-0.2, -0.15) is 0 Å². The highest BCUT2D eigenvalue weighted by Crippen LogP contribution is 2.19. The first-order valence-corrected chi connectivity index (χ1v) is 7.64. The molecule has 20 heavy (non-hydrogen) atoms. The highest BCUT2D eigenvalue weighted by atomic mass is 16.1. The van der Waals surface area contributed by atoms with Gasteiger partial charge in [0, 0.05) is 22.7 Å². The Kier molecular flexibility index (Phi) is 3.62. The molecule has 1 unspecified atom stereocenters. The molecule has 2 aromatic rings. The average molecular weight is 271 g/mol. The van der Waals surface area contributed by atoms with Gasteiger partial charge in [-0.1, -0.05) is 18.2 Å². The molecule has 3 rings (SSSR count). The van der Waals surface area contributed by atoms with Crippen molar-refractivity contribution in [1.82, 2.24) is 4.98 Å². The maximum Gasteiger partial charge on any atom is 0.221 e. The number of hydrogen-bond donors (Lipinski definition) is 2. The van der Waals surface area contributed by atoms with Gasteiger partial charge < -0.3 is 9.88 Å². The van der Waals surface area contributed by atoms with Crippen LogP contribution in [-0.2, 0) is 0 Å². The van der Waals surface area contributed by atoms with Crippen molar-refractivity contribution in [1.29, 1.82) is 0 Å². The lowest BCUT2D eigenvalue weighted by molar-refractivity contribution is -0.941. The van der Waals surface area contributed by atoms with Gasteiger partial charge in [0.1, 0.15) is 6.04 Å². The van der Waals surface area contributed by atoms with E-state index in [4.69, 9.17) is 0 Å². The second-order valence-corrected chi connectivity index (χ2v) is 6.06. The number of aromatic amines is 1. The Hall–Kier alpha value is -1.61. The third kappa shape index (κ3) is 2.27. The fourth-order valence-electron chi connectivity index (χ4n) is 3.53. The van der Waals surface area contributed by atoms with Gasteiger partial charge in [0.2, 0.25) is 5.78 Å². The van der Waals surface area contributed by atoms with Crippen LogP contribution in [0.1, 0.15) is 43.5 Å². The zero-order chi connectivity index (χ0) is 14.1. The molecule has 0 radical (unpaired) electrons. The van der Waals surface area contributed by atoms with Crippen molar-refractivity contribution < 1.29 is 9.69 Å². The summed E-state index contributed by atoms with van der Waals surface area (Å²) in [6, 6.07) is 8.67. The number of piperidine rings is 1. The van der Waals surface area contributed by atoms with E-state index in [1.165, 1.54) is 24.2 Å². The number of benzene rings is 1. The molecule has 1 aliphatic rings. The summed E-state index contributed by atoms with van der Waals surface area (Å²) < 4.78 is 0. The van der Waals surface area contributed by atoms with Crippen LogP contribution in [0, 0.1) is 0 Å². The van der Waals surface area contributed by atoms with Crippen LogP contribution >= 0.6 is 0 Å². The SMILES string of the molecule is C[C@H]1CCCC[NH+]1[C@@H](C)C(=O)c1c[nH]c2ccccc12. The molecule has 2 heterocycles. The summed E-state index contributed by atoms with van der Waals surface area (Å²) in [7, 11) is 0. The van der Waals surface area contributed by atoms with E-state index in [-0.39, 0.29) is 11.8 Å². The van der Waals surface area contributed by atoms with E-state index in [9.17, 15) is 4.79 Å². The average Bonchev–Trinajstić information content (AvgIpc) is 2.90. The number of aromatic nitrogens is 1. The number of quaternary nitrogens is 1. The third-order valence-corrected chi connectivity index (χ3v) is 4.79. The summed E-state index contributed by atoms with van der Waals surface area (Å²) in [5.74, 6) is 0.270. The number of likely N-dealkylation sites (tertiary alicyclic amines) is 1. The molecule has 3 heteroatoms. The van der Waals surface area contributed by atoms with Gasteiger partial charge in [-0.15, -0.1) is 0 Å². The normalized spacial score (nSPS) is 24.7. The molecule has 1 aromatic heterocycles. The molecule has 0 aliphatic carbocycles. The Morgan fingerprint density at radius 3 is 2.95 bits per heavy atom. The maximum atomic E-state index is 12.8. The molecular formula is C17H23N2O+. The van der Waals surface area contributed by atoms with Crippen LogP contribution in [-0.4, -0.2) is 29.4 Å². The first kappa shape index (κ1) is 13.4. The van der Waals surface area contributed by atoms with E-state index >= 15 is 0 Å². The third-order valence-electron chi connectivity index (χ3n) is 4.79. The summed E-state index contributed by atoms with van der Waals surface area (Å²) in [5.41, 5.74) is 1.89. The van der Waals surface area contributed by atoms with E-state index in [0.29, 0.717) is 6.04 Å². The minimum absolute atomic E-state index is 0.0458. The Morgan fingerprint density at radius 2 is 2.15 bits per heavy atom. The molecule has 1 aliphatic heterocycles. The van der Waals surface area contributed by atoms with Crippen LogP contribution in [0.3, 0.4) is 0 Å². The van der Waals surface area contributed by atoms with Crippen LogP contribution < -0.4 is 4.90 Å². The van der Waals surface area contributed by atoms with Gasteiger partial charge in [-0.05, 0) is 39.2 Å². The topological polar surface area (TPSA) is 37.3 Å². The summed E-state index contributed by atoms with van der Waals surface area (Å²) >= 11 is 0. The highest BCUT2D eigenvalue weighted by molar-refractivity contribution is 6.09. The lowest BCUT2D eigenvalue weighted by atomic mass is 9.97. The standard InChI is InChI=1S/C17H22N2O/c1-12-7-5-6-10-19(12)13(2)17(20)15-11-18-16-9-4-3-8-14(15)16/h3-4,8-9,11-13,18H,5-7,10H2,1-2H3/p+1/t12-,13-/m0/s1. The minimum atomic E-state index is 0.0458. The molecule has 0 saturated carbocycles. The number of nitrogens with one attached hydrogen (secondary N) is 2. The summed E-state index contributed by atoms with van der Waals surface area (Å²) in [4.78, 5) is 17.5. The molecule has 0 amide bonds. The second kappa shape index (κ2) is 5.41. The second-order valence-electron chi connectivity index (χ2n) is 6.06. The molecule has 3 atom stereocenters. The predicted octanol–water partition coefficient (Wildman–Crippen LogP) is 2.20. The van der Waals surface area contributed by atoms with E-state index in [0.717, 1.165) is 23.0 Å². The van der Waals surface area contributed by atoms with Crippen LogP contribution in [0.15, 0.2) is 30.5 Å². The van der Waals surface area contributed by atoms with Crippen molar-refractivity contribution in [3.05, 3.63) is 36.0 Å². The molecule has 1 aromatic carbocycles.